The lowest BCUT2D eigenvalue weighted by Crippen LogP contribution is -2.53. The number of aromatic nitrogens is 1. The fourth-order valence-electron chi connectivity index (χ4n) is 5.24. The number of benzene rings is 1. The van der Waals surface area contributed by atoms with Gasteiger partial charge >= 0.3 is 0 Å². The molecule has 2 fully saturated rings. The minimum Gasteiger partial charge on any atom is -0.360 e. The predicted octanol–water partition coefficient (Wildman–Crippen LogP) is 3.68. The summed E-state index contributed by atoms with van der Waals surface area (Å²) in [5, 5.41) is 3.89. The van der Waals surface area contributed by atoms with Crippen molar-refractivity contribution in [1.82, 2.24) is 10.3 Å². The molecule has 1 aromatic heterocycles. The van der Waals surface area contributed by atoms with Crippen molar-refractivity contribution in [3.63, 3.8) is 0 Å². The molecule has 0 spiro atoms. The second-order valence-corrected chi connectivity index (χ2v) is 8.40. The summed E-state index contributed by atoms with van der Waals surface area (Å²) in [5.41, 5.74) is 1.49. The molecule has 0 radical (unpaired) electrons. The number of nitrogens with one attached hydrogen (secondary N) is 2. The molecule has 24 heavy (non-hydrogen) atoms. The summed E-state index contributed by atoms with van der Waals surface area (Å²) in [4.78, 5) is 28.4. The van der Waals surface area contributed by atoms with Gasteiger partial charge in [0.2, 0.25) is 0 Å². The molecule has 4 rings (SSSR count). The Morgan fingerprint density at radius 2 is 1.96 bits per heavy atom. The van der Waals surface area contributed by atoms with E-state index in [1.165, 1.54) is 6.42 Å². The zero-order valence-corrected chi connectivity index (χ0v) is 14.5. The van der Waals surface area contributed by atoms with E-state index in [1.807, 2.05) is 24.3 Å². The van der Waals surface area contributed by atoms with E-state index in [0.29, 0.717) is 11.5 Å². The van der Waals surface area contributed by atoms with Gasteiger partial charge in [0.25, 0.3) is 11.7 Å². The third kappa shape index (κ3) is 2.05. The number of fused-ring (bicyclic) bond motifs is 3. The van der Waals surface area contributed by atoms with Gasteiger partial charge in [-0.3, -0.25) is 9.59 Å². The van der Waals surface area contributed by atoms with Gasteiger partial charge in [-0.25, -0.2) is 0 Å². The van der Waals surface area contributed by atoms with Gasteiger partial charge in [-0.1, -0.05) is 39.0 Å². The summed E-state index contributed by atoms with van der Waals surface area (Å²) in [6, 6.07) is 7.63. The molecular weight excluding hydrogens is 300 g/mol. The van der Waals surface area contributed by atoms with E-state index >= 15 is 0 Å². The molecule has 2 saturated carbocycles. The Hall–Kier alpha value is -2.10. The monoisotopic (exact) mass is 324 g/mol. The lowest BCUT2D eigenvalue weighted by molar-refractivity contribution is -0.119. The summed E-state index contributed by atoms with van der Waals surface area (Å²) in [7, 11) is 0. The molecular formula is C20H24N2O2. The maximum atomic E-state index is 12.7. The van der Waals surface area contributed by atoms with Gasteiger partial charge in [0.1, 0.15) is 0 Å². The van der Waals surface area contributed by atoms with Crippen molar-refractivity contribution in [2.75, 3.05) is 0 Å². The summed E-state index contributed by atoms with van der Waals surface area (Å²) in [6.45, 7) is 6.70. The zero-order valence-electron chi connectivity index (χ0n) is 14.5. The standard InChI is InChI=1S/C20H24N2O2/c1-19(2)12-8-9-20(3,10-12)18(19)22-17(24)16(23)14-11-21-15-7-5-4-6-13(14)15/h4-7,11-12,18,21H,8-10H2,1-3H3,(H,22,24)/t12-,18+,20+/m1/s1. The van der Waals surface area contributed by atoms with E-state index in [2.05, 4.69) is 31.1 Å². The first kappa shape index (κ1) is 15.4. The first-order valence-corrected chi connectivity index (χ1v) is 8.74. The van der Waals surface area contributed by atoms with Crippen LogP contribution in [0.3, 0.4) is 0 Å². The fraction of sp³-hybridized carbons (Fsp3) is 0.500. The van der Waals surface area contributed by atoms with Crippen LogP contribution in [0.15, 0.2) is 30.5 Å². The SMILES string of the molecule is CC1(C)[C@@H]2CC[C@@](C)(C2)[C@H]1NC(=O)C(=O)c1c[nH]c2ccccc12. The van der Waals surface area contributed by atoms with Gasteiger partial charge in [-0.15, -0.1) is 0 Å². The molecule has 2 aliphatic carbocycles. The second kappa shape index (κ2) is 4.95. The first-order chi connectivity index (χ1) is 11.3. The number of hydrogen-bond acceptors (Lipinski definition) is 2. The van der Waals surface area contributed by atoms with Crippen LogP contribution in [-0.4, -0.2) is 22.7 Å². The summed E-state index contributed by atoms with van der Waals surface area (Å²) in [5.74, 6) is -0.294. The third-order valence-corrected chi connectivity index (χ3v) is 6.59. The fourth-order valence-corrected chi connectivity index (χ4v) is 5.24. The molecule has 1 heterocycles. The van der Waals surface area contributed by atoms with Crippen LogP contribution in [0.2, 0.25) is 0 Å². The Balaban J connectivity index is 1.59. The van der Waals surface area contributed by atoms with Crippen molar-refractivity contribution in [2.24, 2.45) is 16.7 Å². The van der Waals surface area contributed by atoms with Crippen LogP contribution in [0.25, 0.3) is 10.9 Å². The minimum atomic E-state index is -0.480. The number of ketones is 1. The van der Waals surface area contributed by atoms with Crippen LogP contribution < -0.4 is 5.32 Å². The summed E-state index contributed by atoms with van der Waals surface area (Å²) >= 11 is 0. The van der Waals surface area contributed by atoms with Gasteiger partial charge in [0, 0.05) is 23.1 Å². The van der Waals surface area contributed by atoms with Gasteiger partial charge in [0.05, 0.1) is 5.56 Å². The molecule has 4 nitrogen and oxygen atoms in total. The zero-order chi connectivity index (χ0) is 17.1. The molecule has 0 saturated heterocycles. The number of amides is 1. The number of carbonyl (C=O) groups is 2. The number of rotatable bonds is 3. The number of Topliss-reactive ketones (excluding diaryl/α,β-unsaturated/α-hetero) is 1. The highest BCUT2D eigenvalue weighted by Crippen LogP contribution is 2.62. The number of hydrogen-bond donors (Lipinski definition) is 2. The molecule has 2 aliphatic rings. The van der Waals surface area contributed by atoms with Crippen molar-refractivity contribution in [3.8, 4) is 0 Å². The van der Waals surface area contributed by atoms with Crippen LogP contribution in [0, 0.1) is 16.7 Å². The number of aromatic amines is 1. The molecule has 2 bridgehead atoms. The lowest BCUT2D eigenvalue weighted by atomic mass is 9.68. The van der Waals surface area contributed by atoms with E-state index < -0.39 is 11.7 Å². The van der Waals surface area contributed by atoms with Gasteiger partial charge in [0.15, 0.2) is 0 Å². The minimum absolute atomic E-state index is 0.0448. The van der Waals surface area contributed by atoms with Crippen LogP contribution in [0.1, 0.15) is 50.4 Å². The highest BCUT2D eigenvalue weighted by atomic mass is 16.2. The molecule has 2 aromatic rings. The maximum absolute atomic E-state index is 12.7. The van der Waals surface area contributed by atoms with Crippen LogP contribution >= 0.6 is 0 Å². The number of para-hydroxylation sites is 1. The van der Waals surface area contributed by atoms with Crippen LogP contribution in [0.5, 0.6) is 0 Å². The molecule has 0 aliphatic heterocycles. The molecule has 1 amide bonds. The second-order valence-electron chi connectivity index (χ2n) is 8.40. The van der Waals surface area contributed by atoms with Gasteiger partial charge < -0.3 is 10.3 Å². The van der Waals surface area contributed by atoms with E-state index in [9.17, 15) is 9.59 Å². The first-order valence-electron chi connectivity index (χ1n) is 8.74. The van der Waals surface area contributed by atoms with Gasteiger partial charge in [-0.2, -0.15) is 0 Å². The van der Waals surface area contributed by atoms with Crippen molar-refractivity contribution >= 4 is 22.6 Å². The van der Waals surface area contributed by atoms with Crippen molar-refractivity contribution < 1.29 is 9.59 Å². The smallest absolute Gasteiger partial charge is 0.292 e. The summed E-state index contributed by atoms with van der Waals surface area (Å²) < 4.78 is 0. The van der Waals surface area contributed by atoms with Crippen molar-refractivity contribution in [3.05, 3.63) is 36.0 Å². The van der Waals surface area contributed by atoms with Crippen LogP contribution in [-0.2, 0) is 4.79 Å². The van der Waals surface area contributed by atoms with Gasteiger partial charge in [-0.05, 0) is 42.1 Å². The van der Waals surface area contributed by atoms with E-state index in [0.717, 1.165) is 23.7 Å². The topological polar surface area (TPSA) is 62.0 Å². The van der Waals surface area contributed by atoms with E-state index in [-0.39, 0.29) is 16.9 Å². The van der Waals surface area contributed by atoms with E-state index in [1.54, 1.807) is 6.20 Å². The maximum Gasteiger partial charge on any atom is 0.292 e. The number of carbonyl (C=O) groups excluding carboxylic acids is 2. The molecule has 2 N–H and O–H groups in total. The third-order valence-electron chi connectivity index (χ3n) is 6.59. The normalized spacial score (nSPS) is 30.6. The molecule has 3 atom stereocenters. The Morgan fingerprint density at radius 1 is 1.21 bits per heavy atom. The quantitative estimate of drug-likeness (QED) is 0.668. The summed E-state index contributed by atoms with van der Waals surface area (Å²) in [6.07, 6.45) is 5.14. The highest BCUT2D eigenvalue weighted by molar-refractivity contribution is 6.45. The van der Waals surface area contributed by atoms with Crippen molar-refractivity contribution in [1.29, 1.82) is 0 Å². The lowest BCUT2D eigenvalue weighted by Gasteiger charge is -2.42. The molecule has 126 valence electrons. The Bertz CT molecular complexity index is 830. The number of H-pyrrole nitrogens is 1. The van der Waals surface area contributed by atoms with E-state index in [4.69, 9.17) is 0 Å². The largest absolute Gasteiger partial charge is 0.360 e. The Labute approximate surface area is 142 Å². The average Bonchev–Trinajstić information content (AvgIpc) is 3.19. The average molecular weight is 324 g/mol. The molecule has 1 aromatic carbocycles. The molecule has 0 unspecified atom stereocenters. The highest BCUT2D eigenvalue weighted by Gasteiger charge is 2.59. The van der Waals surface area contributed by atoms with Crippen LogP contribution in [0.4, 0.5) is 0 Å². The van der Waals surface area contributed by atoms with Crippen molar-refractivity contribution in [2.45, 2.75) is 46.1 Å². The predicted molar refractivity (Wildman–Crippen MR) is 93.8 cm³/mol. The Morgan fingerprint density at radius 3 is 2.67 bits per heavy atom. The Kier molecular flexibility index (Phi) is 3.18. The molecule has 4 heteroatoms.